The predicted molar refractivity (Wildman–Crippen MR) is 74.2 cm³/mol. The zero-order chi connectivity index (χ0) is 13.8. The highest BCUT2D eigenvalue weighted by Gasteiger charge is 2.15. The molecule has 4 nitrogen and oxygen atoms in total. The molecular weight excluding hydrogens is 264 g/mol. The maximum atomic E-state index is 9.37. The number of hydrogen-bond acceptors (Lipinski definition) is 3. The van der Waals surface area contributed by atoms with E-state index < -0.39 is 0 Å². The molecule has 0 radical (unpaired) electrons. The number of ether oxygens (including phenoxy) is 1. The van der Waals surface area contributed by atoms with Crippen LogP contribution in [0.4, 0.5) is 0 Å². The molecule has 0 unspecified atom stereocenters. The molecule has 1 aromatic heterocycles. The molecule has 0 atom stereocenters. The Balaban J connectivity index is 2.33. The maximum absolute atomic E-state index is 9.37. The van der Waals surface area contributed by atoms with E-state index in [1.54, 1.807) is 11.8 Å². The number of benzene rings is 1. The van der Waals surface area contributed by atoms with Gasteiger partial charge in [-0.3, -0.25) is 0 Å². The smallest absolute Gasteiger partial charge is 0.133 e. The molecule has 0 aliphatic carbocycles. The lowest BCUT2D eigenvalue weighted by atomic mass is 10.1. The molecular formula is C14H17ClN2O2. The van der Waals surface area contributed by atoms with Gasteiger partial charge < -0.3 is 9.84 Å². The van der Waals surface area contributed by atoms with Crippen molar-refractivity contribution in [3.63, 3.8) is 0 Å². The van der Waals surface area contributed by atoms with Gasteiger partial charge in [-0.1, -0.05) is 35.9 Å². The summed E-state index contributed by atoms with van der Waals surface area (Å²) in [4.78, 5) is 0. The second kappa shape index (κ2) is 6.19. The summed E-state index contributed by atoms with van der Waals surface area (Å²) in [6.07, 6.45) is 0. The Hall–Kier alpha value is -1.36. The average Bonchev–Trinajstić information content (AvgIpc) is 2.69. The third-order valence-corrected chi connectivity index (χ3v) is 3.51. The second-order valence-corrected chi connectivity index (χ2v) is 4.75. The number of hydrogen-bond donors (Lipinski definition) is 1. The molecule has 5 heteroatoms. The largest absolute Gasteiger partial charge is 0.391 e. The van der Waals surface area contributed by atoms with Crippen molar-refractivity contribution in [2.45, 2.75) is 26.7 Å². The Morgan fingerprint density at radius 3 is 2.74 bits per heavy atom. The standard InChI is InChI=1S/C14H17ClN2O2/c1-10-5-3-4-6-11(10)7-17-14(15)12(8-18)13(16-17)9-19-2/h3-6,18H,7-9H2,1-2H3. The first-order chi connectivity index (χ1) is 9.17. The quantitative estimate of drug-likeness (QED) is 0.915. The Labute approximate surface area is 117 Å². The third-order valence-electron chi connectivity index (χ3n) is 3.09. The van der Waals surface area contributed by atoms with Gasteiger partial charge in [-0.25, -0.2) is 4.68 Å². The van der Waals surface area contributed by atoms with Crippen LogP contribution in [0, 0.1) is 6.92 Å². The van der Waals surface area contributed by atoms with Gasteiger partial charge in [-0.15, -0.1) is 0 Å². The van der Waals surface area contributed by atoms with Crippen LogP contribution in [0.15, 0.2) is 24.3 Å². The first-order valence-corrected chi connectivity index (χ1v) is 6.43. The molecule has 0 fully saturated rings. The van der Waals surface area contributed by atoms with Crippen LogP contribution in [0.2, 0.25) is 5.15 Å². The highest BCUT2D eigenvalue weighted by molar-refractivity contribution is 6.30. The topological polar surface area (TPSA) is 47.3 Å². The maximum Gasteiger partial charge on any atom is 0.133 e. The van der Waals surface area contributed by atoms with Crippen LogP contribution in [0.5, 0.6) is 0 Å². The fourth-order valence-corrected chi connectivity index (χ4v) is 2.25. The van der Waals surface area contributed by atoms with Gasteiger partial charge in [0.25, 0.3) is 0 Å². The van der Waals surface area contributed by atoms with Crippen molar-refractivity contribution in [1.82, 2.24) is 9.78 Å². The van der Waals surface area contributed by atoms with E-state index in [2.05, 4.69) is 18.1 Å². The normalized spacial score (nSPS) is 10.9. The fraction of sp³-hybridized carbons (Fsp3) is 0.357. The summed E-state index contributed by atoms with van der Waals surface area (Å²) in [7, 11) is 1.59. The van der Waals surface area contributed by atoms with E-state index in [1.165, 1.54) is 5.56 Å². The number of aromatic nitrogens is 2. The number of methoxy groups -OCH3 is 1. The fourth-order valence-electron chi connectivity index (χ4n) is 1.99. The molecule has 2 aromatic rings. The molecule has 0 saturated heterocycles. The van der Waals surface area contributed by atoms with E-state index in [1.807, 2.05) is 18.2 Å². The van der Waals surface area contributed by atoms with Crippen LogP contribution in [-0.2, 0) is 24.5 Å². The third kappa shape index (κ3) is 2.97. The number of rotatable bonds is 5. The summed E-state index contributed by atoms with van der Waals surface area (Å²) in [5.41, 5.74) is 3.66. The lowest BCUT2D eigenvalue weighted by molar-refractivity contribution is 0.177. The van der Waals surface area contributed by atoms with E-state index in [-0.39, 0.29) is 6.61 Å². The number of aryl methyl sites for hydroxylation is 1. The SMILES string of the molecule is COCc1nn(Cc2ccccc2C)c(Cl)c1CO. The second-order valence-electron chi connectivity index (χ2n) is 4.39. The van der Waals surface area contributed by atoms with Crippen molar-refractivity contribution in [2.24, 2.45) is 0 Å². The molecule has 0 bridgehead atoms. The molecule has 1 aromatic carbocycles. The molecule has 0 amide bonds. The summed E-state index contributed by atoms with van der Waals surface area (Å²) < 4.78 is 6.77. The van der Waals surface area contributed by atoms with Crippen molar-refractivity contribution < 1.29 is 9.84 Å². The van der Waals surface area contributed by atoms with Crippen LogP contribution >= 0.6 is 11.6 Å². The van der Waals surface area contributed by atoms with Crippen molar-refractivity contribution in [2.75, 3.05) is 7.11 Å². The van der Waals surface area contributed by atoms with E-state index in [4.69, 9.17) is 16.3 Å². The van der Waals surface area contributed by atoms with Gasteiger partial charge in [-0.2, -0.15) is 5.10 Å². The minimum atomic E-state index is -0.134. The minimum absolute atomic E-state index is 0.134. The molecule has 0 saturated carbocycles. The van der Waals surface area contributed by atoms with Crippen molar-refractivity contribution >= 4 is 11.6 Å². The van der Waals surface area contributed by atoms with Crippen LogP contribution in [0.3, 0.4) is 0 Å². The molecule has 0 aliphatic rings. The number of nitrogens with zero attached hydrogens (tertiary/aromatic N) is 2. The summed E-state index contributed by atoms with van der Waals surface area (Å²) >= 11 is 6.25. The number of aliphatic hydroxyl groups excluding tert-OH is 1. The van der Waals surface area contributed by atoms with Gasteiger partial charge in [0.05, 0.1) is 25.5 Å². The van der Waals surface area contributed by atoms with Crippen molar-refractivity contribution in [3.05, 3.63) is 51.8 Å². The highest BCUT2D eigenvalue weighted by atomic mass is 35.5. The Bertz CT molecular complexity index is 567. The molecule has 1 heterocycles. The van der Waals surface area contributed by atoms with Crippen LogP contribution in [0.25, 0.3) is 0 Å². The number of halogens is 1. The van der Waals surface area contributed by atoms with Gasteiger partial charge in [0, 0.05) is 12.7 Å². The van der Waals surface area contributed by atoms with Crippen molar-refractivity contribution in [3.8, 4) is 0 Å². The summed E-state index contributed by atoms with van der Waals surface area (Å²) in [5.74, 6) is 0. The van der Waals surface area contributed by atoms with Gasteiger partial charge in [0.15, 0.2) is 0 Å². The van der Waals surface area contributed by atoms with E-state index in [9.17, 15) is 5.11 Å². The Morgan fingerprint density at radius 1 is 1.37 bits per heavy atom. The van der Waals surface area contributed by atoms with Crippen LogP contribution in [0.1, 0.15) is 22.4 Å². The zero-order valence-corrected chi connectivity index (χ0v) is 11.8. The highest BCUT2D eigenvalue weighted by Crippen LogP contribution is 2.22. The lowest BCUT2D eigenvalue weighted by Gasteiger charge is -2.06. The van der Waals surface area contributed by atoms with Gasteiger partial charge in [0.2, 0.25) is 0 Å². The monoisotopic (exact) mass is 280 g/mol. The molecule has 102 valence electrons. The molecule has 0 spiro atoms. The van der Waals surface area contributed by atoms with Gasteiger partial charge >= 0.3 is 0 Å². The molecule has 2 rings (SSSR count). The molecule has 0 aliphatic heterocycles. The van der Waals surface area contributed by atoms with Gasteiger partial charge in [-0.05, 0) is 18.1 Å². The Kier molecular flexibility index (Phi) is 4.58. The lowest BCUT2D eigenvalue weighted by Crippen LogP contribution is -2.04. The van der Waals surface area contributed by atoms with Crippen molar-refractivity contribution in [1.29, 1.82) is 0 Å². The Morgan fingerprint density at radius 2 is 2.11 bits per heavy atom. The molecule has 19 heavy (non-hydrogen) atoms. The van der Waals surface area contributed by atoms with E-state index >= 15 is 0 Å². The first kappa shape index (κ1) is 14.1. The summed E-state index contributed by atoms with van der Waals surface area (Å²) in [6, 6.07) is 8.08. The summed E-state index contributed by atoms with van der Waals surface area (Å²) in [6.45, 7) is 2.85. The minimum Gasteiger partial charge on any atom is -0.391 e. The first-order valence-electron chi connectivity index (χ1n) is 6.05. The average molecular weight is 281 g/mol. The molecule has 1 N–H and O–H groups in total. The van der Waals surface area contributed by atoms with Gasteiger partial charge in [0.1, 0.15) is 5.15 Å². The number of aliphatic hydroxyl groups is 1. The summed E-state index contributed by atoms with van der Waals surface area (Å²) in [5, 5.41) is 14.2. The van der Waals surface area contributed by atoms with E-state index in [0.717, 1.165) is 5.56 Å². The zero-order valence-electron chi connectivity index (χ0n) is 11.1. The van der Waals surface area contributed by atoms with Crippen LogP contribution in [-0.4, -0.2) is 22.0 Å². The predicted octanol–water partition coefficient (Wildman–Crippen LogP) is 2.53. The van der Waals surface area contributed by atoms with E-state index in [0.29, 0.717) is 29.6 Å². The van der Waals surface area contributed by atoms with Crippen LogP contribution < -0.4 is 0 Å².